The van der Waals surface area contributed by atoms with Crippen LogP contribution in [0.2, 0.25) is 0 Å². The van der Waals surface area contributed by atoms with Crippen molar-refractivity contribution in [2.75, 3.05) is 18.4 Å². The summed E-state index contributed by atoms with van der Waals surface area (Å²) in [5.74, 6) is 1.07. The van der Waals surface area contributed by atoms with Gasteiger partial charge in [-0.2, -0.15) is 5.10 Å². The Kier molecular flexibility index (Phi) is 5.05. The van der Waals surface area contributed by atoms with Gasteiger partial charge in [-0.25, -0.2) is 4.98 Å². The highest BCUT2D eigenvalue weighted by molar-refractivity contribution is 7.17. The van der Waals surface area contributed by atoms with Gasteiger partial charge in [0.1, 0.15) is 0 Å². The van der Waals surface area contributed by atoms with Crippen LogP contribution in [0.25, 0.3) is 0 Å². The Hall–Kier alpha value is -2.48. The van der Waals surface area contributed by atoms with Crippen molar-refractivity contribution >= 4 is 34.5 Å². The van der Waals surface area contributed by atoms with Gasteiger partial charge in [-0.3, -0.25) is 14.3 Å². The molecule has 3 rings (SSSR count). The van der Waals surface area contributed by atoms with Crippen molar-refractivity contribution in [2.24, 2.45) is 5.92 Å². The molecule has 0 spiro atoms. The van der Waals surface area contributed by atoms with E-state index in [0.717, 1.165) is 38.8 Å². The lowest BCUT2D eigenvalue weighted by molar-refractivity contribution is -0.127. The Bertz CT molecular complexity index is 738. The number of aromatic nitrogens is 3. The number of nitrogens with one attached hydrogen (secondary N) is 1. The Morgan fingerprint density at radius 1 is 1.54 bits per heavy atom. The van der Waals surface area contributed by atoms with Gasteiger partial charge in [0.05, 0.1) is 11.1 Å². The number of amides is 1. The maximum absolute atomic E-state index is 11.7. The van der Waals surface area contributed by atoms with Crippen LogP contribution in [-0.4, -0.2) is 44.9 Å². The summed E-state index contributed by atoms with van der Waals surface area (Å²) in [4.78, 5) is 29.0. The zero-order valence-corrected chi connectivity index (χ0v) is 14.0. The third kappa shape index (κ3) is 3.88. The third-order valence-corrected chi connectivity index (χ3v) is 4.80. The highest BCUT2D eigenvalue weighted by Crippen LogP contribution is 2.22. The van der Waals surface area contributed by atoms with Crippen molar-refractivity contribution in [3.05, 3.63) is 36.0 Å². The highest BCUT2D eigenvalue weighted by Gasteiger charge is 2.22. The Labute approximate surface area is 144 Å². The van der Waals surface area contributed by atoms with Gasteiger partial charge in [-0.05, 0) is 24.8 Å². The molecule has 2 aromatic rings. The number of piperidine rings is 1. The number of carbonyl (C=O) groups excluding carboxylic acids is 2. The van der Waals surface area contributed by atoms with E-state index in [1.807, 2.05) is 21.8 Å². The minimum Gasteiger partial charge on any atom is -0.339 e. The third-order valence-electron chi connectivity index (χ3n) is 3.97. The number of rotatable bonds is 6. The van der Waals surface area contributed by atoms with Crippen LogP contribution >= 0.6 is 11.3 Å². The van der Waals surface area contributed by atoms with E-state index in [2.05, 4.69) is 22.0 Å². The van der Waals surface area contributed by atoms with Crippen LogP contribution in [0.1, 0.15) is 22.5 Å². The van der Waals surface area contributed by atoms with Gasteiger partial charge in [0.15, 0.2) is 17.2 Å². The molecule has 1 aliphatic rings. The lowest BCUT2D eigenvalue weighted by atomic mass is 9.98. The molecule has 8 heteroatoms. The first-order chi connectivity index (χ1) is 11.7. The van der Waals surface area contributed by atoms with Crippen LogP contribution in [0.4, 0.5) is 10.9 Å². The van der Waals surface area contributed by atoms with Crippen LogP contribution < -0.4 is 5.32 Å². The predicted octanol–water partition coefficient (Wildman–Crippen LogP) is 2.32. The van der Waals surface area contributed by atoms with Crippen molar-refractivity contribution in [3.63, 3.8) is 0 Å². The van der Waals surface area contributed by atoms with Crippen LogP contribution in [0, 0.1) is 5.92 Å². The fourth-order valence-electron chi connectivity index (χ4n) is 2.85. The fraction of sp³-hybridized carbons (Fsp3) is 0.375. The molecule has 0 radical (unpaired) electrons. The summed E-state index contributed by atoms with van der Waals surface area (Å²) in [5, 5.41) is 8.22. The number of thiazole rings is 1. The van der Waals surface area contributed by atoms with Gasteiger partial charge < -0.3 is 10.2 Å². The number of hydrogen-bond acceptors (Lipinski definition) is 6. The summed E-state index contributed by atoms with van der Waals surface area (Å²) in [5.41, 5.74) is 0. The summed E-state index contributed by atoms with van der Waals surface area (Å²) < 4.78 is 1.88. The van der Waals surface area contributed by atoms with Crippen molar-refractivity contribution in [3.8, 4) is 0 Å². The van der Waals surface area contributed by atoms with Crippen LogP contribution in [0.15, 0.2) is 31.1 Å². The van der Waals surface area contributed by atoms with Gasteiger partial charge >= 0.3 is 0 Å². The van der Waals surface area contributed by atoms with Crippen molar-refractivity contribution in [2.45, 2.75) is 19.4 Å². The number of anilines is 2. The summed E-state index contributed by atoms with van der Waals surface area (Å²) in [7, 11) is 0. The smallest absolute Gasteiger partial charge is 0.245 e. The predicted molar refractivity (Wildman–Crippen MR) is 92.5 cm³/mol. The van der Waals surface area contributed by atoms with E-state index in [4.69, 9.17) is 0 Å². The second kappa shape index (κ2) is 7.39. The SMILES string of the molecule is C=CC(=O)N1CCCC(Cn2ccc(Nc3ncc(C=O)s3)n2)C1. The highest BCUT2D eigenvalue weighted by atomic mass is 32.1. The maximum Gasteiger partial charge on any atom is 0.245 e. The molecule has 3 heterocycles. The van der Waals surface area contributed by atoms with Gasteiger partial charge in [-0.1, -0.05) is 17.9 Å². The van der Waals surface area contributed by atoms with E-state index < -0.39 is 0 Å². The summed E-state index contributed by atoms with van der Waals surface area (Å²) in [6.45, 7) is 5.86. The molecule has 126 valence electrons. The molecule has 7 nitrogen and oxygen atoms in total. The molecule has 1 amide bonds. The number of likely N-dealkylation sites (tertiary alicyclic amines) is 1. The van der Waals surface area contributed by atoms with Gasteiger partial charge in [0.25, 0.3) is 0 Å². The molecule has 0 aliphatic carbocycles. The van der Waals surface area contributed by atoms with Gasteiger partial charge in [0, 0.05) is 31.9 Å². The molecule has 2 aromatic heterocycles. The second-order valence-corrected chi connectivity index (χ2v) is 6.79. The largest absolute Gasteiger partial charge is 0.339 e. The van der Waals surface area contributed by atoms with Gasteiger partial charge in [0.2, 0.25) is 5.91 Å². The lowest BCUT2D eigenvalue weighted by Gasteiger charge is -2.32. The van der Waals surface area contributed by atoms with E-state index in [-0.39, 0.29) is 5.91 Å². The van der Waals surface area contributed by atoms with Gasteiger partial charge in [-0.15, -0.1) is 0 Å². The minimum atomic E-state index is -0.00253. The molecule has 24 heavy (non-hydrogen) atoms. The molecular formula is C16H19N5O2S. The lowest BCUT2D eigenvalue weighted by Crippen LogP contribution is -2.40. The Balaban J connectivity index is 1.58. The van der Waals surface area contributed by atoms with E-state index in [1.165, 1.54) is 23.6 Å². The average molecular weight is 345 g/mol. The standard InChI is InChI=1S/C16H19N5O2S/c1-2-15(23)20-6-3-4-12(9-20)10-21-7-5-14(19-21)18-16-17-8-13(11-22)24-16/h2,5,7-8,11-12H,1,3-4,6,9-10H2,(H,17,18,19). The molecule has 1 aliphatic heterocycles. The monoisotopic (exact) mass is 345 g/mol. The molecular weight excluding hydrogens is 326 g/mol. The van der Waals surface area contributed by atoms with Crippen molar-refractivity contribution < 1.29 is 9.59 Å². The Morgan fingerprint density at radius 2 is 2.42 bits per heavy atom. The molecule has 1 fully saturated rings. The summed E-state index contributed by atoms with van der Waals surface area (Å²) in [6.07, 6.45) is 7.68. The van der Waals surface area contributed by atoms with E-state index in [0.29, 0.717) is 21.7 Å². The Morgan fingerprint density at radius 3 is 3.17 bits per heavy atom. The average Bonchev–Trinajstić information content (AvgIpc) is 3.24. The van der Waals surface area contributed by atoms with E-state index >= 15 is 0 Å². The molecule has 1 unspecified atom stereocenters. The number of hydrogen-bond donors (Lipinski definition) is 1. The topological polar surface area (TPSA) is 80.1 Å². The van der Waals surface area contributed by atoms with E-state index in [9.17, 15) is 9.59 Å². The van der Waals surface area contributed by atoms with Crippen LogP contribution in [0.5, 0.6) is 0 Å². The number of carbonyl (C=O) groups is 2. The molecule has 1 atom stereocenters. The summed E-state index contributed by atoms with van der Waals surface area (Å²) in [6, 6.07) is 1.87. The zero-order valence-electron chi connectivity index (χ0n) is 13.2. The fourth-order valence-corrected chi connectivity index (χ4v) is 3.48. The second-order valence-electron chi connectivity index (χ2n) is 5.73. The van der Waals surface area contributed by atoms with Crippen LogP contribution in [0.3, 0.4) is 0 Å². The maximum atomic E-state index is 11.7. The molecule has 0 aromatic carbocycles. The van der Waals surface area contributed by atoms with E-state index in [1.54, 1.807) is 0 Å². The first-order valence-corrected chi connectivity index (χ1v) is 8.62. The molecule has 0 saturated carbocycles. The first kappa shape index (κ1) is 16.4. The normalized spacial score (nSPS) is 17.5. The minimum absolute atomic E-state index is 0.00253. The first-order valence-electron chi connectivity index (χ1n) is 7.81. The molecule has 1 saturated heterocycles. The van der Waals surface area contributed by atoms with Crippen molar-refractivity contribution in [1.29, 1.82) is 0 Å². The molecule has 0 bridgehead atoms. The molecule has 1 N–H and O–H groups in total. The summed E-state index contributed by atoms with van der Waals surface area (Å²) >= 11 is 1.29. The zero-order chi connectivity index (χ0) is 16.9. The number of nitrogens with zero attached hydrogens (tertiary/aromatic N) is 4. The quantitative estimate of drug-likeness (QED) is 0.642. The van der Waals surface area contributed by atoms with Crippen molar-refractivity contribution in [1.82, 2.24) is 19.7 Å². The van der Waals surface area contributed by atoms with Crippen LogP contribution in [-0.2, 0) is 11.3 Å². The number of aldehydes is 1.